The van der Waals surface area contributed by atoms with E-state index in [0.717, 1.165) is 42.4 Å². The van der Waals surface area contributed by atoms with Gasteiger partial charge in [-0.2, -0.15) is 0 Å². The molecule has 3 rings (SSSR count). The molecule has 0 radical (unpaired) electrons. The number of carbonyl (C=O) groups is 2. The van der Waals surface area contributed by atoms with Gasteiger partial charge in [-0.25, -0.2) is 4.79 Å². The first kappa shape index (κ1) is 19.2. The van der Waals surface area contributed by atoms with Crippen molar-refractivity contribution in [2.24, 2.45) is 5.41 Å². The Balaban J connectivity index is 1.98. The summed E-state index contributed by atoms with van der Waals surface area (Å²) in [5, 5.41) is 0.655. The maximum absolute atomic E-state index is 12.0. The SMILES string of the molecule is CCC[C@]12CCC(=O)C=C1c1c(cc(OCC(=O)OCC)c(Cl)c1Cl)C2. The Hall–Kier alpha value is -1.52. The smallest absolute Gasteiger partial charge is 0.344 e. The molecule has 6 heteroatoms. The summed E-state index contributed by atoms with van der Waals surface area (Å²) in [5.74, 6) is 0.0553. The number of ketones is 1. The topological polar surface area (TPSA) is 52.6 Å². The second-order valence-corrected chi connectivity index (χ2v) is 7.62. The fourth-order valence-electron chi connectivity index (χ4n) is 4.12. The number of esters is 1. The van der Waals surface area contributed by atoms with E-state index in [9.17, 15) is 9.59 Å². The van der Waals surface area contributed by atoms with Crippen LogP contribution in [0.3, 0.4) is 0 Å². The van der Waals surface area contributed by atoms with Crippen molar-refractivity contribution in [3.8, 4) is 5.75 Å². The molecule has 0 unspecified atom stereocenters. The van der Waals surface area contributed by atoms with Gasteiger partial charge in [-0.15, -0.1) is 0 Å². The Labute approximate surface area is 163 Å². The van der Waals surface area contributed by atoms with Gasteiger partial charge in [0.25, 0.3) is 0 Å². The molecule has 0 saturated heterocycles. The van der Waals surface area contributed by atoms with Crippen molar-refractivity contribution in [1.82, 2.24) is 0 Å². The molecule has 0 saturated carbocycles. The Bertz CT molecular complexity index is 785. The highest BCUT2D eigenvalue weighted by molar-refractivity contribution is 6.44. The molecule has 0 heterocycles. The van der Waals surface area contributed by atoms with Crippen LogP contribution in [0.4, 0.5) is 0 Å². The lowest BCUT2D eigenvalue weighted by molar-refractivity contribution is -0.145. The number of ether oxygens (including phenoxy) is 2. The van der Waals surface area contributed by atoms with Gasteiger partial charge in [-0.3, -0.25) is 4.79 Å². The highest BCUT2D eigenvalue weighted by Crippen LogP contribution is 2.58. The summed E-state index contributed by atoms with van der Waals surface area (Å²) in [6.45, 7) is 3.96. The monoisotopic (exact) mass is 396 g/mol. The quantitative estimate of drug-likeness (QED) is 0.633. The van der Waals surface area contributed by atoms with Gasteiger partial charge in [0.15, 0.2) is 12.4 Å². The van der Waals surface area contributed by atoms with Crippen molar-refractivity contribution in [2.45, 2.75) is 46.0 Å². The summed E-state index contributed by atoms with van der Waals surface area (Å²) in [6.07, 6.45) is 5.96. The third-order valence-electron chi connectivity index (χ3n) is 5.16. The Morgan fingerprint density at radius 1 is 1.27 bits per heavy atom. The molecule has 0 aliphatic heterocycles. The molecule has 26 heavy (non-hydrogen) atoms. The fourth-order valence-corrected chi connectivity index (χ4v) is 4.64. The van der Waals surface area contributed by atoms with E-state index < -0.39 is 5.97 Å². The maximum atomic E-state index is 12.0. The molecule has 1 aromatic rings. The third-order valence-corrected chi connectivity index (χ3v) is 6.01. The zero-order valence-corrected chi connectivity index (χ0v) is 16.5. The standard InChI is InChI=1S/C20H22Cl2O4/c1-3-6-20-7-5-13(23)9-14(20)17-12(10-20)8-15(18(21)19(17)22)26-11-16(24)25-4-2/h8-9H,3-7,10-11H2,1-2H3/t20-/m1/s1. The van der Waals surface area contributed by atoms with E-state index in [1.807, 2.05) is 6.07 Å². The van der Waals surface area contributed by atoms with Crippen molar-refractivity contribution in [3.63, 3.8) is 0 Å². The third kappa shape index (κ3) is 3.37. The van der Waals surface area contributed by atoms with E-state index in [0.29, 0.717) is 23.8 Å². The number of rotatable bonds is 6. The number of fused-ring (bicyclic) bond motifs is 3. The van der Waals surface area contributed by atoms with Gasteiger partial charge in [0.2, 0.25) is 0 Å². The minimum atomic E-state index is -0.454. The summed E-state index contributed by atoms with van der Waals surface area (Å²) in [6, 6.07) is 1.85. The van der Waals surface area contributed by atoms with Crippen molar-refractivity contribution in [2.75, 3.05) is 13.2 Å². The van der Waals surface area contributed by atoms with E-state index in [1.54, 1.807) is 13.0 Å². The second kappa shape index (κ2) is 7.61. The summed E-state index contributed by atoms with van der Waals surface area (Å²) < 4.78 is 10.4. The summed E-state index contributed by atoms with van der Waals surface area (Å²) in [4.78, 5) is 23.6. The van der Waals surface area contributed by atoms with Crippen LogP contribution in [0, 0.1) is 5.41 Å². The van der Waals surface area contributed by atoms with Crippen LogP contribution >= 0.6 is 23.2 Å². The molecule has 0 bridgehead atoms. The lowest BCUT2D eigenvalue weighted by Gasteiger charge is -2.33. The number of carbonyl (C=O) groups excluding carboxylic acids is 2. The van der Waals surface area contributed by atoms with Crippen LogP contribution in [-0.2, 0) is 20.7 Å². The predicted octanol–water partition coefficient (Wildman–Crippen LogP) is 5.02. The lowest BCUT2D eigenvalue weighted by Crippen LogP contribution is -2.25. The van der Waals surface area contributed by atoms with Crippen LogP contribution in [0.2, 0.25) is 10.0 Å². The van der Waals surface area contributed by atoms with E-state index in [2.05, 4.69) is 6.92 Å². The largest absolute Gasteiger partial charge is 0.480 e. The molecule has 0 spiro atoms. The minimum Gasteiger partial charge on any atom is -0.480 e. The Kier molecular flexibility index (Phi) is 5.64. The highest BCUT2D eigenvalue weighted by atomic mass is 35.5. The number of halogens is 2. The van der Waals surface area contributed by atoms with Crippen LogP contribution in [0.1, 0.15) is 50.7 Å². The molecule has 4 nitrogen and oxygen atoms in total. The zero-order valence-electron chi connectivity index (χ0n) is 15.0. The van der Waals surface area contributed by atoms with Gasteiger partial charge < -0.3 is 9.47 Å². The molecule has 0 N–H and O–H groups in total. The molecular formula is C20H22Cl2O4. The average Bonchev–Trinajstić information content (AvgIpc) is 2.91. The van der Waals surface area contributed by atoms with Gasteiger partial charge in [-0.1, -0.05) is 36.5 Å². The molecule has 140 valence electrons. The first-order valence-electron chi connectivity index (χ1n) is 8.96. The summed E-state index contributed by atoms with van der Waals surface area (Å²) in [5.41, 5.74) is 2.83. The maximum Gasteiger partial charge on any atom is 0.344 e. The number of hydrogen-bond acceptors (Lipinski definition) is 4. The first-order valence-corrected chi connectivity index (χ1v) is 9.72. The minimum absolute atomic E-state index is 0.0578. The predicted molar refractivity (Wildman–Crippen MR) is 102 cm³/mol. The van der Waals surface area contributed by atoms with Crippen molar-refractivity contribution in [1.29, 1.82) is 0 Å². The summed E-state index contributed by atoms with van der Waals surface area (Å²) >= 11 is 13.0. The molecule has 0 amide bonds. The Morgan fingerprint density at radius 3 is 2.73 bits per heavy atom. The fraction of sp³-hybridized carbons (Fsp3) is 0.500. The molecule has 1 atom stereocenters. The van der Waals surface area contributed by atoms with E-state index in [1.165, 1.54) is 0 Å². The van der Waals surface area contributed by atoms with Crippen molar-refractivity contribution in [3.05, 3.63) is 33.3 Å². The number of hydrogen-bond donors (Lipinski definition) is 0. The van der Waals surface area contributed by atoms with E-state index in [4.69, 9.17) is 32.7 Å². The molecule has 1 aromatic carbocycles. The van der Waals surface area contributed by atoms with Gasteiger partial charge in [0.1, 0.15) is 10.8 Å². The van der Waals surface area contributed by atoms with Crippen molar-refractivity contribution < 1.29 is 19.1 Å². The van der Waals surface area contributed by atoms with Crippen LogP contribution in [0.25, 0.3) is 5.57 Å². The number of allylic oxidation sites excluding steroid dienone is 2. The van der Waals surface area contributed by atoms with Gasteiger partial charge >= 0.3 is 5.97 Å². The molecular weight excluding hydrogens is 375 g/mol. The zero-order chi connectivity index (χ0) is 18.9. The normalized spacial score (nSPS) is 21.1. The average molecular weight is 397 g/mol. The van der Waals surface area contributed by atoms with Crippen LogP contribution < -0.4 is 4.74 Å². The first-order chi connectivity index (χ1) is 12.4. The molecule has 2 aliphatic rings. The van der Waals surface area contributed by atoms with Crippen LogP contribution in [-0.4, -0.2) is 25.0 Å². The van der Waals surface area contributed by atoms with Gasteiger partial charge in [0.05, 0.1) is 11.6 Å². The van der Waals surface area contributed by atoms with Gasteiger partial charge in [0, 0.05) is 17.4 Å². The number of benzene rings is 1. The lowest BCUT2D eigenvalue weighted by atomic mass is 9.70. The van der Waals surface area contributed by atoms with E-state index in [-0.39, 0.29) is 22.8 Å². The summed E-state index contributed by atoms with van der Waals surface area (Å²) in [7, 11) is 0. The van der Waals surface area contributed by atoms with Crippen LogP contribution in [0.15, 0.2) is 12.1 Å². The highest BCUT2D eigenvalue weighted by Gasteiger charge is 2.45. The van der Waals surface area contributed by atoms with Crippen molar-refractivity contribution >= 4 is 40.5 Å². The van der Waals surface area contributed by atoms with Gasteiger partial charge in [-0.05, 0) is 49.5 Å². The second-order valence-electron chi connectivity index (χ2n) is 6.86. The Morgan fingerprint density at radius 2 is 2.04 bits per heavy atom. The molecule has 0 aromatic heterocycles. The molecule has 2 aliphatic carbocycles. The van der Waals surface area contributed by atoms with Crippen LogP contribution in [0.5, 0.6) is 5.75 Å². The van der Waals surface area contributed by atoms with E-state index >= 15 is 0 Å². The molecule has 0 fully saturated rings.